The van der Waals surface area contributed by atoms with E-state index in [1.165, 1.54) is 12.3 Å². The van der Waals surface area contributed by atoms with Gasteiger partial charge in [-0.1, -0.05) is 17.3 Å². The molecule has 2 aromatic rings. The Morgan fingerprint density at radius 3 is 2.47 bits per heavy atom. The average molecular weight is 281 g/mol. The van der Waals surface area contributed by atoms with Gasteiger partial charge in [0, 0.05) is 11.8 Å². The van der Waals surface area contributed by atoms with Gasteiger partial charge in [-0.05, 0) is 17.7 Å². The maximum Gasteiger partial charge on any atom is 0.294 e. The van der Waals surface area contributed by atoms with Crippen molar-refractivity contribution < 1.29 is 17.7 Å². The van der Waals surface area contributed by atoms with Gasteiger partial charge in [-0.15, -0.1) is 0 Å². The molecular weight excluding hydrogens is 270 g/mol. The Kier molecular flexibility index (Phi) is 3.63. The highest BCUT2D eigenvalue weighted by atomic mass is 32.2. The van der Waals surface area contributed by atoms with Crippen LogP contribution in [0.4, 0.5) is 5.69 Å². The van der Waals surface area contributed by atoms with Gasteiger partial charge in [0.25, 0.3) is 5.91 Å². The van der Waals surface area contributed by atoms with Crippen LogP contribution in [0.1, 0.15) is 16.1 Å². The van der Waals surface area contributed by atoms with Crippen LogP contribution in [-0.2, 0) is 15.8 Å². The minimum atomic E-state index is -3.56. The summed E-state index contributed by atoms with van der Waals surface area (Å²) in [6.07, 6.45) is 1.37. The monoisotopic (exact) mass is 281 g/mol. The molecule has 0 bridgehead atoms. The predicted octanol–water partition coefficient (Wildman–Crippen LogP) is 0.715. The van der Waals surface area contributed by atoms with E-state index in [1.807, 2.05) is 0 Å². The first-order valence-electron chi connectivity index (χ1n) is 5.25. The largest absolute Gasteiger partial charge is 0.351 e. The Morgan fingerprint density at radius 2 is 1.95 bits per heavy atom. The van der Waals surface area contributed by atoms with E-state index >= 15 is 0 Å². The van der Waals surface area contributed by atoms with E-state index in [4.69, 9.17) is 9.66 Å². The molecule has 8 heteroatoms. The lowest BCUT2D eigenvalue weighted by Gasteiger charge is -2.04. The molecule has 1 amide bonds. The van der Waals surface area contributed by atoms with Crippen molar-refractivity contribution in [1.29, 1.82) is 0 Å². The number of nitrogens with two attached hydrogens (primary N) is 1. The molecule has 0 atom stereocenters. The first kappa shape index (κ1) is 13.2. The Morgan fingerprint density at radius 1 is 1.26 bits per heavy atom. The van der Waals surface area contributed by atoms with Gasteiger partial charge in [-0.3, -0.25) is 4.79 Å². The molecular formula is C11H11N3O4S. The summed E-state index contributed by atoms with van der Waals surface area (Å²) in [5.41, 5.74) is 1.06. The van der Waals surface area contributed by atoms with Crippen molar-refractivity contribution in [3.63, 3.8) is 0 Å². The molecule has 0 saturated carbocycles. The number of aromatic nitrogens is 1. The molecule has 0 radical (unpaired) electrons. The second-order valence-corrected chi connectivity index (χ2v) is 5.45. The number of hydrogen-bond donors (Lipinski definition) is 2. The van der Waals surface area contributed by atoms with E-state index in [1.54, 1.807) is 24.3 Å². The molecule has 2 rings (SSSR count). The number of primary sulfonamides is 1. The molecule has 1 heterocycles. The molecule has 19 heavy (non-hydrogen) atoms. The number of nitrogens with zero attached hydrogens (tertiary/aromatic N) is 1. The van der Waals surface area contributed by atoms with Gasteiger partial charge in [0.15, 0.2) is 0 Å². The molecule has 100 valence electrons. The molecule has 0 aliphatic rings. The highest BCUT2D eigenvalue weighted by Gasteiger charge is 2.10. The molecule has 0 aliphatic carbocycles. The number of sulfonamides is 1. The third-order valence-electron chi connectivity index (χ3n) is 2.24. The van der Waals surface area contributed by atoms with Crippen LogP contribution >= 0.6 is 0 Å². The Bertz CT molecular complexity index is 662. The van der Waals surface area contributed by atoms with Crippen LogP contribution in [0, 0.1) is 0 Å². The molecule has 0 fully saturated rings. The topological polar surface area (TPSA) is 115 Å². The van der Waals surface area contributed by atoms with Crippen molar-refractivity contribution in [2.45, 2.75) is 5.75 Å². The average Bonchev–Trinajstić information content (AvgIpc) is 2.83. The predicted molar refractivity (Wildman–Crippen MR) is 67.7 cm³/mol. The third-order valence-corrected chi connectivity index (χ3v) is 2.98. The summed E-state index contributed by atoms with van der Waals surface area (Å²) in [5.74, 6) is -0.589. The van der Waals surface area contributed by atoms with E-state index in [2.05, 4.69) is 10.5 Å². The highest BCUT2D eigenvalue weighted by molar-refractivity contribution is 7.88. The number of carbonyl (C=O) groups excluding carboxylic acids is 1. The van der Waals surface area contributed by atoms with Crippen molar-refractivity contribution in [3.05, 3.63) is 47.9 Å². The summed E-state index contributed by atoms with van der Waals surface area (Å²) in [6, 6.07) is 7.73. The van der Waals surface area contributed by atoms with Gasteiger partial charge in [0.1, 0.15) is 0 Å². The Labute approximate surface area is 109 Å². The lowest BCUT2D eigenvalue weighted by Crippen LogP contribution is -2.14. The van der Waals surface area contributed by atoms with Gasteiger partial charge in [0.2, 0.25) is 15.8 Å². The lowest BCUT2D eigenvalue weighted by molar-refractivity contribution is 0.0988. The molecule has 1 aromatic carbocycles. The molecule has 1 aromatic heterocycles. The quantitative estimate of drug-likeness (QED) is 0.856. The summed E-state index contributed by atoms with van der Waals surface area (Å²) >= 11 is 0. The van der Waals surface area contributed by atoms with Crippen LogP contribution in [0.2, 0.25) is 0 Å². The zero-order valence-electron chi connectivity index (χ0n) is 9.74. The number of rotatable bonds is 4. The summed E-state index contributed by atoms with van der Waals surface area (Å²) < 4.78 is 26.5. The first-order chi connectivity index (χ1) is 8.94. The summed E-state index contributed by atoms with van der Waals surface area (Å²) in [7, 11) is -3.56. The standard InChI is InChI=1S/C11H11N3O4S/c12-19(16,17)7-8-1-3-9(4-2-8)14-11(15)10-5-6-13-18-10/h1-6H,7H2,(H,14,15)(H2,12,16,17). The molecule has 0 spiro atoms. The van der Waals surface area contributed by atoms with Crippen molar-refractivity contribution in [1.82, 2.24) is 5.16 Å². The zero-order chi connectivity index (χ0) is 13.9. The molecule has 0 saturated heterocycles. The third kappa shape index (κ3) is 3.90. The summed E-state index contributed by atoms with van der Waals surface area (Å²) in [4.78, 5) is 11.6. The smallest absolute Gasteiger partial charge is 0.294 e. The fourth-order valence-corrected chi connectivity index (χ4v) is 2.10. The second-order valence-electron chi connectivity index (χ2n) is 3.83. The molecule has 0 aliphatic heterocycles. The van der Waals surface area contributed by atoms with Gasteiger partial charge < -0.3 is 9.84 Å². The van der Waals surface area contributed by atoms with Crippen molar-refractivity contribution in [2.75, 3.05) is 5.32 Å². The van der Waals surface area contributed by atoms with Crippen LogP contribution in [0.15, 0.2) is 41.1 Å². The minimum absolute atomic E-state index is 0.0913. The van der Waals surface area contributed by atoms with Crippen molar-refractivity contribution >= 4 is 21.6 Å². The highest BCUT2D eigenvalue weighted by Crippen LogP contribution is 2.12. The van der Waals surface area contributed by atoms with Crippen LogP contribution < -0.4 is 10.5 Å². The Hall–Kier alpha value is -2.19. The van der Waals surface area contributed by atoms with Crippen LogP contribution in [0.5, 0.6) is 0 Å². The number of hydrogen-bond acceptors (Lipinski definition) is 5. The van der Waals surface area contributed by atoms with Crippen molar-refractivity contribution in [3.8, 4) is 0 Å². The maximum absolute atomic E-state index is 11.6. The second kappa shape index (κ2) is 5.21. The SMILES string of the molecule is NS(=O)(=O)Cc1ccc(NC(=O)c2ccno2)cc1. The Balaban J connectivity index is 2.05. The first-order valence-corrected chi connectivity index (χ1v) is 6.97. The number of anilines is 1. The van der Waals surface area contributed by atoms with Gasteiger partial charge >= 0.3 is 0 Å². The number of nitrogens with one attached hydrogen (secondary N) is 1. The fraction of sp³-hybridized carbons (Fsp3) is 0.0909. The van der Waals surface area contributed by atoms with Crippen LogP contribution in [-0.4, -0.2) is 19.5 Å². The number of amides is 1. The van der Waals surface area contributed by atoms with E-state index in [-0.39, 0.29) is 11.5 Å². The van der Waals surface area contributed by atoms with Crippen LogP contribution in [0.3, 0.4) is 0 Å². The van der Waals surface area contributed by atoms with E-state index in [0.717, 1.165) is 0 Å². The van der Waals surface area contributed by atoms with Gasteiger partial charge in [0.05, 0.1) is 11.9 Å². The normalized spacial score (nSPS) is 11.2. The summed E-state index contributed by atoms with van der Waals surface area (Å²) in [5, 5.41) is 10.9. The van der Waals surface area contributed by atoms with E-state index in [0.29, 0.717) is 11.3 Å². The number of carbonyl (C=O) groups is 1. The fourth-order valence-electron chi connectivity index (χ4n) is 1.44. The van der Waals surface area contributed by atoms with E-state index < -0.39 is 15.9 Å². The van der Waals surface area contributed by atoms with Crippen molar-refractivity contribution in [2.24, 2.45) is 5.14 Å². The minimum Gasteiger partial charge on any atom is -0.351 e. The van der Waals surface area contributed by atoms with Gasteiger partial charge in [-0.25, -0.2) is 13.6 Å². The van der Waals surface area contributed by atoms with Gasteiger partial charge in [-0.2, -0.15) is 0 Å². The number of benzene rings is 1. The lowest BCUT2D eigenvalue weighted by atomic mass is 10.2. The zero-order valence-corrected chi connectivity index (χ0v) is 10.6. The van der Waals surface area contributed by atoms with Crippen LogP contribution in [0.25, 0.3) is 0 Å². The molecule has 3 N–H and O–H groups in total. The maximum atomic E-state index is 11.6. The molecule has 7 nitrogen and oxygen atoms in total. The van der Waals surface area contributed by atoms with E-state index in [9.17, 15) is 13.2 Å². The molecule has 0 unspecified atom stereocenters. The summed E-state index contributed by atoms with van der Waals surface area (Å²) in [6.45, 7) is 0.